The fraction of sp³-hybridized carbons (Fsp3) is 0.0377. The molecule has 266 valence electrons. The van der Waals surface area contributed by atoms with E-state index in [0.717, 1.165) is 28.2 Å². The summed E-state index contributed by atoms with van der Waals surface area (Å²) >= 11 is 0. The summed E-state index contributed by atoms with van der Waals surface area (Å²) in [5.74, 6) is 0.986. The van der Waals surface area contributed by atoms with Crippen molar-refractivity contribution in [3.63, 3.8) is 0 Å². The Morgan fingerprint density at radius 2 is 0.789 bits per heavy atom. The molecule has 2 aliphatic rings. The van der Waals surface area contributed by atoms with E-state index in [0.29, 0.717) is 0 Å². The molecule has 4 heteroatoms. The molecule has 0 spiro atoms. The molecule has 2 atom stereocenters. The lowest BCUT2D eigenvalue weighted by Crippen LogP contribution is -2.03. The van der Waals surface area contributed by atoms with Gasteiger partial charge in [-0.2, -0.15) is 0 Å². The fourth-order valence-corrected chi connectivity index (χ4v) is 9.82. The number of pyridine rings is 3. The highest BCUT2D eigenvalue weighted by atomic mass is 15.1. The lowest BCUT2D eigenvalue weighted by molar-refractivity contribution is 0.947. The maximum Gasteiger partial charge on any atom is 0.137 e. The molecule has 0 saturated heterocycles. The smallest absolute Gasteiger partial charge is 0.137 e. The predicted octanol–water partition coefficient (Wildman–Crippen LogP) is 12.6. The van der Waals surface area contributed by atoms with Crippen molar-refractivity contribution in [1.29, 1.82) is 0 Å². The van der Waals surface area contributed by atoms with Crippen LogP contribution in [-0.4, -0.2) is 19.5 Å². The third-order valence-corrected chi connectivity index (χ3v) is 12.1. The summed E-state index contributed by atoms with van der Waals surface area (Å²) in [6.45, 7) is 0. The third kappa shape index (κ3) is 4.77. The second-order valence-electron chi connectivity index (χ2n) is 15.1. The highest BCUT2D eigenvalue weighted by Gasteiger charge is 2.34. The second kappa shape index (κ2) is 12.6. The molecule has 57 heavy (non-hydrogen) atoms. The van der Waals surface area contributed by atoms with Crippen LogP contribution >= 0.6 is 0 Å². The van der Waals surface area contributed by atoms with Gasteiger partial charge in [-0.3, -0.25) is 14.5 Å². The van der Waals surface area contributed by atoms with E-state index >= 15 is 0 Å². The van der Waals surface area contributed by atoms with Crippen LogP contribution in [0.1, 0.15) is 45.5 Å². The van der Waals surface area contributed by atoms with E-state index in [4.69, 9.17) is 15.0 Å². The topological polar surface area (TPSA) is 43.6 Å². The zero-order chi connectivity index (χ0) is 37.5. The van der Waals surface area contributed by atoms with E-state index < -0.39 is 0 Å². The van der Waals surface area contributed by atoms with Gasteiger partial charge in [-0.15, -0.1) is 0 Å². The molecule has 0 aliphatic heterocycles. The number of aromatic nitrogens is 4. The van der Waals surface area contributed by atoms with Crippen LogP contribution in [0.25, 0.3) is 72.1 Å². The van der Waals surface area contributed by atoms with Crippen LogP contribution in [0.3, 0.4) is 0 Å². The van der Waals surface area contributed by atoms with Gasteiger partial charge in [0.05, 0.1) is 34.3 Å². The van der Waals surface area contributed by atoms with Gasteiger partial charge in [0.2, 0.25) is 0 Å². The monoisotopic (exact) mass is 726 g/mol. The van der Waals surface area contributed by atoms with Gasteiger partial charge in [-0.05, 0) is 127 Å². The van der Waals surface area contributed by atoms with Gasteiger partial charge in [-0.1, -0.05) is 115 Å². The Labute approximate surface area is 330 Å². The van der Waals surface area contributed by atoms with E-state index in [1.807, 2.05) is 36.8 Å². The number of nitrogens with zero attached hydrogens (tertiary/aromatic N) is 4. The van der Waals surface area contributed by atoms with Crippen LogP contribution in [0, 0.1) is 0 Å². The number of benzene rings is 6. The summed E-state index contributed by atoms with van der Waals surface area (Å²) in [5, 5.41) is 2.38. The minimum atomic E-state index is 0.0436. The van der Waals surface area contributed by atoms with E-state index in [1.165, 1.54) is 77.5 Å². The van der Waals surface area contributed by atoms with Crippen LogP contribution in [-0.2, 0) is 0 Å². The first-order valence-electron chi connectivity index (χ1n) is 19.6. The Kier molecular flexibility index (Phi) is 7.02. The second-order valence-corrected chi connectivity index (χ2v) is 15.1. The van der Waals surface area contributed by atoms with Crippen LogP contribution in [0.2, 0.25) is 0 Å². The molecule has 0 saturated carbocycles. The first-order valence-corrected chi connectivity index (χ1v) is 19.6. The molecule has 0 fully saturated rings. The molecule has 0 N–H and O–H groups in total. The van der Waals surface area contributed by atoms with Gasteiger partial charge < -0.3 is 0 Å². The number of hydrogen-bond donors (Lipinski definition) is 0. The summed E-state index contributed by atoms with van der Waals surface area (Å²) in [6, 6.07) is 63.7. The van der Waals surface area contributed by atoms with Crippen molar-refractivity contribution in [2.24, 2.45) is 0 Å². The van der Waals surface area contributed by atoms with Crippen molar-refractivity contribution >= 4 is 21.8 Å². The molecule has 4 aromatic heterocycles. The number of fused-ring (bicyclic) bond motifs is 9. The first kappa shape index (κ1) is 31.9. The maximum absolute atomic E-state index is 4.91. The quantitative estimate of drug-likeness (QED) is 0.177. The van der Waals surface area contributed by atoms with Crippen molar-refractivity contribution in [3.05, 3.63) is 228 Å². The van der Waals surface area contributed by atoms with Crippen molar-refractivity contribution in [2.75, 3.05) is 0 Å². The van der Waals surface area contributed by atoms with Crippen molar-refractivity contribution < 1.29 is 0 Å². The summed E-state index contributed by atoms with van der Waals surface area (Å²) in [4.78, 5) is 14.7. The average Bonchev–Trinajstić information content (AvgIpc) is 3.93. The molecular formula is C53H34N4. The fourth-order valence-electron chi connectivity index (χ4n) is 9.82. The Morgan fingerprint density at radius 1 is 0.351 bits per heavy atom. The standard InChI is InChI=1S/C53H34N4/c1-3-15-41-37(13-1)39-19-11-17-35(50(39)52(41)45-21-5-8-28-54-45)33-24-26-47-43(31-33)44-32-34(25-27-48(44)57(47)49-23-7-10-30-56-49)36-18-12-20-40-38-14-2-4-16-42(38)53(51(36)40)46-22-6-9-29-55-46/h1-32,52-53H. The van der Waals surface area contributed by atoms with Gasteiger partial charge >= 0.3 is 0 Å². The minimum absolute atomic E-state index is 0.0436. The molecule has 10 aromatic rings. The van der Waals surface area contributed by atoms with Crippen LogP contribution < -0.4 is 0 Å². The normalized spacial score (nSPS) is 15.0. The lowest BCUT2D eigenvalue weighted by Gasteiger charge is -2.18. The van der Waals surface area contributed by atoms with E-state index in [-0.39, 0.29) is 11.8 Å². The summed E-state index contributed by atoms with van der Waals surface area (Å²) < 4.78 is 2.31. The minimum Gasteiger partial charge on any atom is -0.294 e. The Morgan fingerprint density at radius 3 is 1.26 bits per heavy atom. The number of rotatable bonds is 5. The molecule has 6 aromatic carbocycles. The predicted molar refractivity (Wildman–Crippen MR) is 231 cm³/mol. The van der Waals surface area contributed by atoms with E-state index in [2.05, 4.69) is 162 Å². The summed E-state index contributed by atoms with van der Waals surface area (Å²) in [6.07, 6.45) is 5.70. The van der Waals surface area contributed by atoms with Crippen LogP contribution in [0.4, 0.5) is 0 Å². The highest BCUT2D eigenvalue weighted by molar-refractivity contribution is 6.12. The SMILES string of the molecule is c1ccc(C2c3ccccc3-c3cccc(-c4ccc5c(c4)c4cc(-c6cccc7c6C(c6ccccn6)c6ccccc6-7)ccc4n5-c4ccccn4)c32)nc1. The molecule has 4 nitrogen and oxygen atoms in total. The molecule has 0 radical (unpaired) electrons. The Bertz CT molecular complexity index is 2990. The highest BCUT2D eigenvalue weighted by Crippen LogP contribution is 2.53. The number of hydrogen-bond acceptors (Lipinski definition) is 3. The molecule has 0 amide bonds. The lowest BCUT2D eigenvalue weighted by atomic mass is 9.86. The van der Waals surface area contributed by atoms with Crippen molar-refractivity contribution in [2.45, 2.75) is 11.8 Å². The molecule has 2 aliphatic carbocycles. The van der Waals surface area contributed by atoms with E-state index in [9.17, 15) is 0 Å². The Balaban J connectivity index is 1.09. The molecule has 4 heterocycles. The van der Waals surface area contributed by atoms with Gasteiger partial charge in [0.15, 0.2) is 0 Å². The Hall–Kier alpha value is -7.43. The van der Waals surface area contributed by atoms with Crippen molar-refractivity contribution in [1.82, 2.24) is 19.5 Å². The van der Waals surface area contributed by atoms with Gasteiger partial charge in [0, 0.05) is 29.4 Å². The molecule has 2 unspecified atom stereocenters. The van der Waals surface area contributed by atoms with E-state index in [1.54, 1.807) is 0 Å². The molecule has 12 rings (SSSR count). The van der Waals surface area contributed by atoms with Crippen LogP contribution in [0.5, 0.6) is 0 Å². The van der Waals surface area contributed by atoms with Gasteiger partial charge in [-0.25, -0.2) is 4.98 Å². The first-order chi connectivity index (χ1) is 28.3. The van der Waals surface area contributed by atoms with Gasteiger partial charge in [0.25, 0.3) is 0 Å². The van der Waals surface area contributed by atoms with Gasteiger partial charge in [0.1, 0.15) is 5.82 Å². The van der Waals surface area contributed by atoms with Crippen molar-refractivity contribution in [3.8, 4) is 50.3 Å². The van der Waals surface area contributed by atoms with Crippen LogP contribution in [0.15, 0.2) is 195 Å². The molecular weight excluding hydrogens is 693 g/mol. The maximum atomic E-state index is 4.91. The zero-order valence-electron chi connectivity index (χ0n) is 30.9. The molecule has 0 bridgehead atoms. The third-order valence-electron chi connectivity index (χ3n) is 12.1. The summed E-state index contributed by atoms with van der Waals surface area (Å²) in [7, 11) is 0. The zero-order valence-corrected chi connectivity index (χ0v) is 30.9. The average molecular weight is 727 g/mol. The summed E-state index contributed by atoms with van der Waals surface area (Å²) in [5.41, 5.74) is 19.6. The largest absolute Gasteiger partial charge is 0.294 e.